The molecule has 2 amide bonds. The first-order chi connectivity index (χ1) is 13.0. The lowest BCUT2D eigenvalue weighted by Gasteiger charge is -2.15. The summed E-state index contributed by atoms with van der Waals surface area (Å²) < 4.78 is 5.47. The Balaban J connectivity index is 1.58. The van der Waals surface area contributed by atoms with E-state index >= 15 is 0 Å². The summed E-state index contributed by atoms with van der Waals surface area (Å²) in [5.74, 6) is -1.57. The third kappa shape index (κ3) is 4.57. The zero-order chi connectivity index (χ0) is 19.2. The van der Waals surface area contributed by atoms with Crippen molar-refractivity contribution < 1.29 is 24.2 Å². The fourth-order valence-corrected chi connectivity index (χ4v) is 2.69. The number of aromatic nitrogens is 2. The number of rotatable bonds is 6. The summed E-state index contributed by atoms with van der Waals surface area (Å²) in [6.07, 6.45) is 4.50. The van der Waals surface area contributed by atoms with Gasteiger partial charge in [0.1, 0.15) is 5.75 Å². The molecule has 1 aliphatic rings. The summed E-state index contributed by atoms with van der Waals surface area (Å²) >= 11 is 0. The molecule has 2 aromatic rings. The van der Waals surface area contributed by atoms with E-state index in [1.54, 1.807) is 29.2 Å². The number of ether oxygens (including phenoxy) is 1. The average Bonchev–Trinajstić information content (AvgIpc) is 3.22. The molecule has 1 aliphatic heterocycles. The van der Waals surface area contributed by atoms with Crippen molar-refractivity contribution in [1.82, 2.24) is 14.9 Å². The van der Waals surface area contributed by atoms with Crippen LogP contribution in [0.25, 0.3) is 0 Å². The third-order valence-electron chi connectivity index (χ3n) is 4.05. The summed E-state index contributed by atoms with van der Waals surface area (Å²) in [7, 11) is 0. The van der Waals surface area contributed by atoms with Crippen LogP contribution in [0.4, 0.5) is 5.69 Å². The molecule has 140 valence electrons. The molecule has 2 N–H and O–H groups in total. The number of carbonyl (C=O) groups is 3. The van der Waals surface area contributed by atoms with Gasteiger partial charge in [-0.25, -0.2) is 14.8 Å². The number of likely N-dealkylation sites (tertiary alicyclic amines) is 1. The van der Waals surface area contributed by atoms with E-state index in [1.807, 2.05) is 0 Å². The second-order valence-electron chi connectivity index (χ2n) is 5.91. The van der Waals surface area contributed by atoms with E-state index in [2.05, 4.69) is 15.3 Å². The molecule has 1 saturated heterocycles. The van der Waals surface area contributed by atoms with Crippen LogP contribution in [0.3, 0.4) is 0 Å². The van der Waals surface area contributed by atoms with Gasteiger partial charge in [-0.1, -0.05) is 0 Å². The molecule has 0 atom stereocenters. The van der Waals surface area contributed by atoms with Crippen molar-refractivity contribution in [1.29, 1.82) is 0 Å². The zero-order valence-electron chi connectivity index (χ0n) is 14.4. The van der Waals surface area contributed by atoms with Gasteiger partial charge >= 0.3 is 5.97 Å². The number of carbonyl (C=O) groups excluding carboxylic acids is 2. The Morgan fingerprint density at radius 2 is 1.67 bits per heavy atom. The number of carboxylic acids is 1. The number of nitrogens with one attached hydrogen (secondary N) is 1. The van der Waals surface area contributed by atoms with Crippen LogP contribution in [0.5, 0.6) is 5.75 Å². The molecule has 9 heteroatoms. The third-order valence-corrected chi connectivity index (χ3v) is 4.05. The zero-order valence-corrected chi connectivity index (χ0v) is 14.4. The predicted octanol–water partition coefficient (Wildman–Crippen LogP) is 1.43. The molecule has 0 saturated carbocycles. The van der Waals surface area contributed by atoms with Gasteiger partial charge in [0.25, 0.3) is 11.8 Å². The first-order valence-electron chi connectivity index (χ1n) is 8.41. The van der Waals surface area contributed by atoms with E-state index in [4.69, 9.17) is 9.84 Å². The van der Waals surface area contributed by atoms with Gasteiger partial charge in [0.15, 0.2) is 18.0 Å². The smallest absolute Gasteiger partial charge is 0.356 e. The molecule has 0 radical (unpaired) electrons. The number of aromatic carboxylic acids is 1. The predicted molar refractivity (Wildman–Crippen MR) is 94.7 cm³/mol. The lowest BCUT2D eigenvalue weighted by molar-refractivity contribution is -0.132. The maximum Gasteiger partial charge on any atom is 0.356 e. The second kappa shape index (κ2) is 8.26. The largest absolute Gasteiger partial charge is 0.484 e. The summed E-state index contributed by atoms with van der Waals surface area (Å²) in [6, 6.07) is 6.40. The Kier molecular flexibility index (Phi) is 5.60. The van der Waals surface area contributed by atoms with E-state index in [1.165, 1.54) is 12.4 Å². The Morgan fingerprint density at radius 1 is 1.04 bits per heavy atom. The standard InChI is InChI=1S/C18H18N4O5/c23-14(22-9-1-2-10-22)11-27-13-5-3-12(4-6-13)21-17(24)15-16(18(25)26)20-8-7-19-15/h3-8H,1-2,9-11H2,(H,21,24)(H,25,26). The summed E-state index contributed by atoms with van der Waals surface area (Å²) in [5.41, 5.74) is -0.267. The molecule has 1 fully saturated rings. The van der Waals surface area contributed by atoms with Gasteiger partial charge in [-0.2, -0.15) is 0 Å². The fourth-order valence-electron chi connectivity index (χ4n) is 2.69. The molecule has 1 aromatic carbocycles. The number of carboxylic acid groups (broad SMARTS) is 1. The molecule has 3 rings (SSSR count). The van der Waals surface area contributed by atoms with Crippen LogP contribution >= 0.6 is 0 Å². The topological polar surface area (TPSA) is 122 Å². The maximum atomic E-state index is 12.2. The Morgan fingerprint density at radius 3 is 2.30 bits per heavy atom. The monoisotopic (exact) mass is 370 g/mol. The molecule has 2 heterocycles. The molecule has 9 nitrogen and oxygen atoms in total. The van der Waals surface area contributed by atoms with Crippen molar-refractivity contribution in [3.05, 3.63) is 48.0 Å². The van der Waals surface area contributed by atoms with E-state index in [0.29, 0.717) is 11.4 Å². The summed E-state index contributed by atoms with van der Waals surface area (Å²) in [5, 5.41) is 11.6. The molecule has 0 aliphatic carbocycles. The van der Waals surface area contributed by atoms with Crippen LogP contribution in [0.2, 0.25) is 0 Å². The van der Waals surface area contributed by atoms with Crippen molar-refractivity contribution in [2.45, 2.75) is 12.8 Å². The highest BCUT2D eigenvalue weighted by Gasteiger charge is 2.20. The van der Waals surface area contributed by atoms with E-state index in [9.17, 15) is 14.4 Å². The average molecular weight is 370 g/mol. The molecular formula is C18H18N4O5. The van der Waals surface area contributed by atoms with Crippen molar-refractivity contribution in [3.63, 3.8) is 0 Å². The lowest BCUT2D eigenvalue weighted by atomic mass is 10.2. The maximum absolute atomic E-state index is 12.2. The summed E-state index contributed by atoms with van der Waals surface area (Å²) in [4.78, 5) is 44.5. The molecular weight excluding hydrogens is 352 g/mol. The number of anilines is 1. The molecule has 0 bridgehead atoms. The van der Waals surface area contributed by atoms with Crippen LogP contribution in [0.1, 0.15) is 33.8 Å². The highest BCUT2D eigenvalue weighted by Crippen LogP contribution is 2.17. The van der Waals surface area contributed by atoms with Gasteiger partial charge in [0.05, 0.1) is 0 Å². The van der Waals surface area contributed by atoms with Gasteiger partial charge in [-0.15, -0.1) is 0 Å². The molecule has 0 unspecified atom stereocenters. The molecule has 0 spiro atoms. The van der Waals surface area contributed by atoms with Crippen molar-refractivity contribution in [3.8, 4) is 5.75 Å². The quantitative estimate of drug-likeness (QED) is 0.789. The van der Waals surface area contributed by atoms with Crippen LogP contribution < -0.4 is 10.1 Å². The van der Waals surface area contributed by atoms with Gasteiger partial charge in [0, 0.05) is 31.2 Å². The van der Waals surface area contributed by atoms with Gasteiger partial charge < -0.3 is 20.1 Å². The molecule has 1 aromatic heterocycles. The van der Waals surface area contributed by atoms with Crippen LogP contribution in [-0.2, 0) is 4.79 Å². The first kappa shape index (κ1) is 18.3. The van der Waals surface area contributed by atoms with Gasteiger partial charge in [-0.05, 0) is 37.1 Å². The van der Waals surface area contributed by atoms with Crippen LogP contribution in [0.15, 0.2) is 36.7 Å². The fraction of sp³-hybridized carbons (Fsp3) is 0.278. The van der Waals surface area contributed by atoms with Crippen LogP contribution in [-0.4, -0.2) is 57.5 Å². The van der Waals surface area contributed by atoms with Crippen molar-refractivity contribution in [2.24, 2.45) is 0 Å². The molecule has 27 heavy (non-hydrogen) atoms. The number of hydrogen-bond donors (Lipinski definition) is 2. The number of nitrogens with zero attached hydrogens (tertiary/aromatic N) is 3. The first-order valence-corrected chi connectivity index (χ1v) is 8.41. The minimum absolute atomic E-state index is 0.0344. The minimum atomic E-state index is -1.33. The normalized spacial score (nSPS) is 13.3. The Hall–Kier alpha value is -3.49. The minimum Gasteiger partial charge on any atom is -0.484 e. The number of amides is 2. The van der Waals surface area contributed by atoms with Gasteiger partial charge in [0.2, 0.25) is 0 Å². The number of benzene rings is 1. The van der Waals surface area contributed by atoms with Crippen LogP contribution in [0, 0.1) is 0 Å². The highest BCUT2D eigenvalue weighted by atomic mass is 16.5. The van der Waals surface area contributed by atoms with Crippen molar-refractivity contribution >= 4 is 23.5 Å². The lowest BCUT2D eigenvalue weighted by Crippen LogP contribution is -2.32. The summed E-state index contributed by atoms with van der Waals surface area (Å²) in [6.45, 7) is 1.51. The second-order valence-corrected chi connectivity index (χ2v) is 5.91. The Labute approximate surface area is 155 Å². The number of hydrogen-bond acceptors (Lipinski definition) is 6. The van der Waals surface area contributed by atoms with Crippen molar-refractivity contribution in [2.75, 3.05) is 25.0 Å². The SMILES string of the molecule is O=C(O)c1nccnc1C(=O)Nc1ccc(OCC(=O)N2CCCC2)cc1. The van der Waals surface area contributed by atoms with Gasteiger partial charge in [-0.3, -0.25) is 9.59 Å². The van der Waals surface area contributed by atoms with E-state index < -0.39 is 17.6 Å². The van der Waals surface area contributed by atoms with E-state index in [-0.39, 0.29) is 18.2 Å². The Bertz CT molecular complexity index is 847. The van der Waals surface area contributed by atoms with E-state index in [0.717, 1.165) is 25.9 Å². The highest BCUT2D eigenvalue weighted by molar-refractivity contribution is 6.08.